The van der Waals surface area contributed by atoms with Crippen molar-refractivity contribution >= 4 is 111 Å². The van der Waals surface area contributed by atoms with Crippen LogP contribution in [0.4, 0.5) is 28.4 Å². The zero-order valence-electron chi connectivity index (χ0n) is 46.0. The first-order chi connectivity index (χ1) is 39.9. The number of carbonyl (C=O) groups excluding carboxylic acids is 5. The Labute approximate surface area is 495 Å². The van der Waals surface area contributed by atoms with E-state index in [1.165, 1.54) is 56.6 Å². The van der Waals surface area contributed by atoms with Gasteiger partial charge in [0.05, 0.1) is 114 Å². The van der Waals surface area contributed by atoms with Gasteiger partial charge in [0.1, 0.15) is 32.8 Å². The fourth-order valence-corrected chi connectivity index (χ4v) is 9.70. The number of fused-ring (bicyclic) bond motifs is 3. The van der Waals surface area contributed by atoms with Gasteiger partial charge in [-0.25, -0.2) is 24.4 Å². The van der Waals surface area contributed by atoms with Gasteiger partial charge >= 0.3 is 17.9 Å². The standard InChI is InChI=1S/C21H21N3O5.C16H14ClN3O4.C8H6Cl2N2O.C8H9NO3.C4H7NO/c1-24-10-16-18(20(24)26)15(8-12(22-16)9-17(25)11-6-7-11)23-14-5-3-4-13(21(27)28)19(14)29-2;1-20-7-11-13(15(20)21)10(6-12(17)19-11)18-9-5-3-4-8(16(22)23)14(9)24-2;1-12-3-5-7(8(12)13)4(9)2-6(10)11-5;1-12-7-5(8(10)11)3-2-4-6(7)9;5-4(6)3-1-2-3/h3-5,8,11H,6-7,9-10H2,1-2H3,(H,22,23)(H,27,28);3-6H,7H2,1-2H3,(H,18,19)(H,22,23);2H,3H2,1H3;2-4H,9H2,1H3,(H,10,11);3H,1-2H2,(H2,5,6). The van der Waals surface area contributed by atoms with Gasteiger partial charge in [-0.15, -0.1) is 0 Å². The number of carboxylic acid groups (broad SMARTS) is 3. The topological polar surface area (TPSA) is 349 Å². The molecule has 0 saturated heterocycles. The number of amides is 4. The van der Waals surface area contributed by atoms with Gasteiger partial charge < -0.3 is 66.3 Å². The summed E-state index contributed by atoms with van der Waals surface area (Å²) in [5.41, 5.74) is 16.3. The van der Waals surface area contributed by atoms with E-state index in [1.807, 2.05) is 0 Å². The number of methoxy groups -OCH3 is 3. The molecule has 3 aromatic carbocycles. The lowest BCUT2D eigenvalue weighted by Gasteiger charge is -2.16. The fraction of sp³-hybridized carbons (Fsp3) is 0.281. The van der Waals surface area contributed by atoms with E-state index in [1.54, 1.807) is 73.4 Å². The molecule has 24 nitrogen and oxygen atoms in total. The number of pyridine rings is 3. The molecule has 2 saturated carbocycles. The summed E-state index contributed by atoms with van der Waals surface area (Å²) in [5.74, 6) is -2.77. The molecular weight excluding hydrogens is 1160 g/mol. The van der Waals surface area contributed by atoms with Gasteiger partial charge in [-0.1, -0.05) is 53.0 Å². The minimum Gasteiger partial charge on any atom is -0.494 e. The maximum atomic E-state index is 12.6. The van der Waals surface area contributed by atoms with E-state index < -0.39 is 17.9 Å². The molecule has 9 N–H and O–H groups in total. The highest BCUT2D eigenvalue weighted by atomic mass is 35.5. The van der Waals surface area contributed by atoms with Crippen LogP contribution in [0.5, 0.6) is 17.2 Å². The highest BCUT2D eigenvalue weighted by Gasteiger charge is 2.35. The third kappa shape index (κ3) is 14.5. The van der Waals surface area contributed by atoms with Crippen LogP contribution in [-0.4, -0.2) is 135 Å². The summed E-state index contributed by atoms with van der Waals surface area (Å²) in [5, 5.41) is 34.5. The van der Waals surface area contributed by atoms with Crippen molar-refractivity contribution < 1.29 is 67.9 Å². The van der Waals surface area contributed by atoms with Crippen LogP contribution < -0.4 is 36.3 Å². The number of primary amides is 1. The number of hydrogen-bond donors (Lipinski definition) is 7. The molecule has 0 atom stereocenters. The van der Waals surface area contributed by atoms with Gasteiger partial charge in [0.25, 0.3) is 17.7 Å². The Kier molecular flexibility index (Phi) is 19.9. The SMILES string of the molecule is CN1Cc2nc(Cl)cc(Cl)c2C1=O.COc1c(N)cccc1C(=O)O.COc1c(Nc2cc(CC(=O)C3CC3)nc3c2C(=O)N(C)C3)cccc1C(=O)O.COc1c(Nc2cc(Cl)nc3c2C(=O)N(C)C3)cccc1C(=O)O.NC(=O)C1CC1. The number of nitrogens with two attached hydrogens (primary N) is 2. The van der Waals surface area contributed by atoms with E-state index in [0.29, 0.717) is 97.7 Å². The lowest BCUT2D eigenvalue weighted by atomic mass is 10.1. The molecule has 27 heteroatoms. The first kappa shape index (κ1) is 62.3. The van der Waals surface area contributed by atoms with Crippen molar-refractivity contribution in [3.05, 3.63) is 144 Å². The summed E-state index contributed by atoms with van der Waals surface area (Å²) < 4.78 is 15.4. The number of carboxylic acids is 3. The average Bonchev–Trinajstić information content (AvgIpc) is 2.88. The van der Waals surface area contributed by atoms with Crippen molar-refractivity contribution in [2.75, 3.05) is 58.8 Å². The first-order valence-corrected chi connectivity index (χ1v) is 26.7. The monoisotopic (exact) mass is 1210 g/mol. The number of nitrogens with zero attached hydrogens (tertiary/aromatic N) is 6. The zero-order valence-corrected chi connectivity index (χ0v) is 48.3. The van der Waals surface area contributed by atoms with Crippen molar-refractivity contribution in [3.8, 4) is 17.2 Å². The van der Waals surface area contributed by atoms with Crippen LogP contribution in [0.2, 0.25) is 15.3 Å². The molecule has 84 heavy (non-hydrogen) atoms. The van der Waals surface area contributed by atoms with Crippen LogP contribution in [0.25, 0.3) is 0 Å². The Bertz CT molecular complexity index is 3630. The molecule has 6 heterocycles. The van der Waals surface area contributed by atoms with Crippen molar-refractivity contribution in [1.82, 2.24) is 29.7 Å². The molecule has 5 aliphatic rings. The minimum absolute atomic E-state index is 0.00998. The Morgan fingerprint density at radius 3 is 1.36 bits per heavy atom. The maximum absolute atomic E-state index is 12.6. The Balaban J connectivity index is 0.000000164. The van der Waals surface area contributed by atoms with Crippen molar-refractivity contribution in [3.63, 3.8) is 0 Å². The van der Waals surface area contributed by atoms with Gasteiger partial charge in [0.15, 0.2) is 17.2 Å². The van der Waals surface area contributed by atoms with Crippen molar-refractivity contribution in [1.29, 1.82) is 0 Å². The van der Waals surface area contributed by atoms with E-state index in [4.69, 9.17) is 65.6 Å². The van der Waals surface area contributed by atoms with Crippen LogP contribution >= 0.6 is 34.8 Å². The van der Waals surface area contributed by atoms with E-state index in [-0.39, 0.29) is 86.8 Å². The van der Waals surface area contributed by atoms with Crippen molar-refractivity contribution in [2.24, 2.45) is 17.6 Å². The largest absolute Gasteiger partial charge is 0.494 e. The fourth-order valence-electron chi connectivity index (χ4n) is 8.93. The molecule has 0 radical (unpaired) electrons. The molecule has 440 valence electrons. The van der Waals surface area contributed by atoms with Crippen LogP contribution in [0.1, 0.15) is 111 Å². The van der Waals surface area contributed by atoms with Crippen molar-refractivity contribution in [2.45, 2.75) is 51.7 Å². The van der Waals surface area contributed by atoms with E-state index in [0.717, 1.165) is 25.7 Å². The van der Waals surface area contributed by atoms with E-state index in [2.05, 4.69) is 25.6 Å². The number of ketones is 1. The second-order valence-electron chi connectivity index (χ2n) is 19.5. The first-order valence-electron chi connectivity index (χ1n) is 25.5. The Morgan fingerprint density at radius 1 is 0.560 bits per heavy atom. The molecule has 2 aliphatic carbocycles. The highest BCUT2D eigenvalue weighted by molar-refractivity contribution is 6.36. The number of hydrogen-bond acceptors (Lipinski definition) is 17. The van der Waals surface area contributed by atoms with E-state index in [9.17, 15) is 48.6 Å². The van der Waals surface area contributed by atoms with Crippen LogP contribution in [0.15, 0.2) is 72.8 Å². The molecule has 0 bridgehead atoms. The molecule has 4 amide bonds. The molecule has 3 aromatic heterocycles. The number of nitrogens with one attached hydrogen (secondary N) is 2. The van der Waals surface area contributed by atoms with Gasteiger partial charge in [-0.05, 0) is 80.3 Å². The second kappa shape index (κ2) is 26.8. The number of nitrogen functional groups attached to an aromatic ring is 1. The molecule has 11 rings (SSSR count). The molecule has 2 fully saturated rings. The summed E-state index contributed by atoms with van der Waals surface area (Å²) in [7, 11) is 9.23. The smallest absolute Gasteiger partial charge is 0.339 e. The number of halogens is 3. The van der Waals surface area contributed by atoms with Crippen LogP contribution in [0.3, 0.4) is 0 Å². The third-order valence-corrected chi connectivity index (χ3v) is 14.0. The number of rotatable bonds is 14. The molecule has 0 unspecified atom stereocenters. The molecule has 0 spiro atoms. The van der Waals surface area contributed by atoms with Crippen LogP contribution in [-0.2, 0) is 35.6 Å². The highest BCUT2D eigenvalue weighted by Crippen LogP contribution is 2.39. The normalized spacial score (nSPS) is 14.1. The minimum atomic E-state index is -1.11. The number of ether oxygens (including phenoxy) is 3. The summed E-state index contributed by atoms with van der Waals surface area (Å²) in [6.45, 7) is 1.21. The number of para-hydroxylation sites is 3. The second-order valence-corrected chi connectivity index (χ2v) is 20.7. The van der Waals surface area contributed by atoms with Gasteiger partial charge in [0.2, 0.25) is 5.91 Å². The number of anilines is 5. The number of benzene rings is 3. The number of carbonyl (C=O) groups is 8. The van der Waals surface area contributed by atoms with E-state index >= 15 is 0 Å². The number of aromatic carboxylic acids is 3. The quantitative estimate of drug-likeness (QED) is 0.0398. The predicted molar refractivity (Wildman–Crippen MR) is 309 cm³/mol. The summed E-state index contributed by atoms with van der Waals surface area (Å²) >= 11 is 17.6. The lowest BCUT2D eigenvalue weighted by Crippen LogP contribution is -2.18. The Morgan fingerprint density at radius 2 is 0.952 bits per heavy atom. The number of Topliss-reactive ketones (excluding diaryl/α,β-unsaturated/α-hetero) is 1. The zero-order chi connectivity index (χ0) is 61.4. The molecular formula is C57H57Cl3N10O14. The predicted octanol–water partition coefficient (Wildman–Crippen LogP) is 8.24. The summed E-state index contributed by atoms with van der Waals surface area (Å²) in [6.07, 6.45) is 4.12. The third-order valence-electron chi connectivity index (χ3n) is 13.4. The van der Waals surface area contributed by atoms with Crippen LogP contribution in [0, 0.1) is 11.8 Å². The average molecular weight is 1210 g/mol. The molecule has 6 aromatic rings. The van der Waals surface area contributed by atoms with Gasteiger partial charge in [-0.3, -0.25) is 29.0 Å². The lowest BCUT2D eigenvalue weighted by molar-refractivity contribution is -0.120. The summed E-state index contributed by atoms with van der Waals surface area (Å²) in [4.78, 5) is 110. The van der Waals surface area contributed by atoms with Gasteiger partial charge in [-0.2, -0.15) is 0 Å². The Hall–Kier alpha value is -9.26. The summed E-state index contributed by atoms with van der Waals surface area (Å²) in [6, 6.07) is 18.7. The maximum Gasteiger partial charge on any atom is 0.339 e. The molecule has 3 aliphatic heterocycles. The van der Waals surface area contributed by atoms with Gasteiger partial charge in [0, 0.05) is 39.4 Å². The number of aromatic nitrogens is 3.